The monoisotopic (exact) mass is 336 g/mol. The molecule has 0 amide bonds. The number of likely N-dealkylation sites (tertiary alicyclic amines) is 1. The van der Waals surface area contributed by atoms with Crippen LogP contribution < -0.4 is 4.74 Å². The van der Waals surface area contributed by atoms with Crippen molar-refractivity contribution in [2.75, 3.05) is 26.7 Å². The van der Waals surface area contributed by atoms with E-state index < -0.39 is 10.0 Å². The number of fused-ring (bicyclic) bond motifs is 2. The molecule has 1 aromatic carbocycles. The zero-order valence-corrected chi connectivity index (χ0v) is 14.3. The quantitative estimate of drug-likeness (QED) is 0.828. The van der Waals surface area contributed by atoms with Crippen LogP contribution in [0.1, 0.15) is 25.7 Å². The first-order valence-corrected chi connectivity index (χ1v) is 9.96. The van der Waals surface area contributed by atoms with Gasteiger partial charge in [0.15, 0.2) is 0 Å². The molecule has 23 heavy (non-hydrogen) atoms. The standard InChI is InChI=1S/C17H24N2O3S/c1-18-14-8-10-19(12-13-6-7-13)11-9-15(14)22-16-4-2-3-5-17(16)23(18,20)21/h2-5,13-15H,6-12H2,1H3/t14-,15-/m0/s1. The molecule has 0 spiro atoms. The van der Waals surface area contributed by atoms with Crippen molar-refractivity contribution in [2.45, 2.75) is 42.7 Å². The third-order valence-corrected chi connectivity index (χ3v) is 7.29. The van der Waals surface area contributed by atoms with Gasteiger partial charge in [-0.25, -0.2) is 8.42 Å². The van der Waals surface area contributed by atoms with Gasteiger partial charge in [0, 0.05) is 20.1 Å². The van der Waals surface area contributed by atoms with Gasteiger partial charge < -0.3 is 9.64 Å². The molecule has 0 unspecified atom stereocenters. The molecule has 1 aromatic rings. The Morgan fingerprint density at radius 3 is 2.65 bits per heavy atom. The molecule has 0 N–H and O–H groups in total. The fourth-order valence-corrected chi connectivity index (χ4v) is 5.30. The lowest BCUT2D eigenvalue weighted by atomic mass is 10.1. The zero-order chi connectivity index (χ0) is 16.0. The lowest BCUT2D eigenvalue weighted by Crippen LogP contribution is -2.44. The summed E-state index contributed by atoms with van der Waals surface area (Å²) in [4.78, 5) is 2.78. The number of rotatable bonds is 2. The first-order valence-electron chi connectivity index (χ1n) is 8.52. The molecule has 1 aliphatic carbocycles. The van der Waals surface area contributed by atoms with Crippen molar-refractivity contribution in [1.82, 2.24) is 9.21 Å². The summed E-state index contributed by atoms with van der Waals surface area (Å²) < 4.78 is 33.5. The highest BCUT2D eigenvalue weighted by molar-refractivity contribution is 7.89. The summed E-state index contributed by atoms with van der Waals surface area (Å²) in [7, 11) is -1.78. The van der Waals surface area contributed by atoms with Gasteiger partial charge in [-0.2, -0.15) is 4.31 Å². The average molecular weight is 336 g/mol. The van der Waals surface area contributed by atoms with E-state index in [0.717, 1.165) is 38.4 Å². The van der Waals surface area contributed by atoms with E-state index >= 15 is 0 Å². The van der Waals surface area contributed by atoms with Gasteiger partial charge in [-0.05, 0) is 50.3 Å². The minimum Gasteiger partial charge on any atom is -0.487 e. The molecule has 0 radical (unpaired) electrons. The Morgan fingerprint density at radius 1 is 1.13 bits per heavy atom. The van der Waals surface area contributed by atoms with Crippen molar-refractivity contribution in [2.24, 2.45) is 5.92 Å². The van der Waals surface area contributed by atoms with Crippen molar-refractivity contribution >= 4 is 10.0 Å². The fourth-order valence-electron chi connectivity index (χ4n) is 3.77. The van der Waals surface area contributed by atoms with Crippen LogP contribution in [-0.4, -0.2) is 56.5 Å². The number of para-hydroxylation sites is 1. The Hall–Kier alpha value is -1.11. The molecule has 4 rings (SSSR count). The average Bonchev–Trinajstić information content (AvgIpc) is 3.36. The van der Waals surface area contributed by atoms with Crippen molar-refractivity contribution in [3.05, 3.63) is 24.3 Å². The predicted octanol–water partition coefficient (Wildman–Crippen LogP) is 1.94. The van der Waals surface area contributed by atoms with Crippen LogP contribution in [0, 0.1) is 5.92 Å². The summed E-state index contributed by atoms with van der Waals surface area (Å²) in [5.74, 6) is 1.36. The molecular weight excluding hydrogens is 312 g/mol. The fraction of sp³-hybridized carbons (Fsp3) is 0.647. The number of hydrogen-bond acceptors (Lipinski definition) is 4. The Balaban J connectivity index is 1.62. The highest BCUT2D eigenvalue weighted by Crippen LogP contribution is 2.36. The molecule has 0 aromatic heterocycles. The molecule has 2 aliphatic heterocycles. The zero-order valence-electron chi connectivity index (χ0n) is 13.5. The maximum Gasteiger partial charge on any atom is 0.246 e. The molecule has 1 saturated heterocycles. The second-order valence-electron chi connectivity index (χ2n) is 7.01. The third-order valence-electron chi connectivity index (χ3n) is 5.36. The Morgan fingerprint density at radius 2 is 1.87 bits per heavy atom. The van der Waals surface area contributed by atoms with E-state index in [0.29, 0.717) is 10.6 Å². The summed E-state index contributed by atoms with van der Waals surface area (Å²) in [5, 5.41) is 0. The summed E-state index contributed by atoms with van der Waals surface area (Å²) in [6.07, 6.45) is 4.35. The summed E-state index contributed by atoms with van der Waals surface area (Å²) in [6.45, 7) is 3.11. The van der Waals surface area contributed by atoms with Gasteiger partial charge in [-0.15, -0.1) is 0 Å². The number of hydrogen-bond donors (Lipinski definition) is 0. The molecule has 3 aliphatic rings. The van der Waals surface area contributed by atoms with Crippen LogP contribution in [0.3, 0.4) is 0 Å². The Kier molecular flexibility index (Phi) is 3.86. The first kappa shape index (κ1) is 15.4. The van der Waals surface area contributed by atoms with E-state index in [1.54, 1.807) is 29.6 Å². The van der Waals surface area contributed by atoms with E-state index in [2.05, 4.69) is 4.90 Å². The van der Waals surface area contributed by atoms with Crippen LogP contribution >= 0.6 is 0 Å². The van der Waals surface area contributed by atoms with Crippen LogP contribution in [0.25, 0.3) is 0 Å². The number of ether oxygens (including phenoxy) is 1. The van der Waals surface area contributed by atoms with E-state index in [1.165, 1.54) is 12.8 Å². The first-order chi connectivity index (χ1) is 11.1. The predicted molar refractivity (Wildman–Crippen MR) is 88.0 cm³/mol. The maximum atomic E-state index is 12.9. The maximum absolute atomic E-state index is 12.9. The summed E-state index contributed by atoms with van der Waals surface area (Å²) >= 11 is 0. The number of benzene rings is 1. The van der Waals surface area contributed by atoms with Gasteiger partial charge >= 0.3 is 0 Å². The van der Waals surface area contributed by atoms with Gasteiger partial charge in [0.1, 0.15) is 16.7 Å². The molecule has 2 heterocycles. The second kappa shape index (κ2) is 5.76. The van der Waals surface area contributed by atoms with Gasteiger partial charge in [-0.1, -0.05) is 12.1 Å². The molecule has 1 saturated carbocycles. The molecule has 5 nitrogen and oxygen atoms in total. The van der Waals surface area contributed by atoms with Crippen LogP contribution in [0.15, 0.2) is 29.2 Å². The van der Waals surface area contributed by atoms with Crippen LogP contribution in [0.2, 0.25) is 0 Å². The second-order valence-corrected chi connectivity index (χ2v) is 8.98. The SMILES string of the molecule is CN1[C@H]2CCN(CC3CC3)CC[C@@H]2Oc2ccccc2S1(=O)=O. The van der Waals surface area contributed by atoms with Crippen LogP contribution in [-0.2, 0) is 10.0 Å². The van der Waals surface area contributed by atoms with Crippen molar-refractivity contribution in [1.29, 1.82) is 0 Å². The number of nitrogens with zero attached hydrogens (tertiary/aromatic N) is 2. The van der Waals surface area contributed by atoms with Gasteiger partial charge in [0.25, 0.3) is 0 Å². The Labute approximate surface area is 138 Å². The minimum absolute atomic E-state index is 0.0670. The van der Waals surface area contributed by atoms with Crippen molar-refractivity contribution in [3.8, 4) is 5.75 Å². The van der Waals surface area contributed by atoms with Gasteiger partial charge in [-0.3, -0.25) is 0 Å². The van der Waals surface area contributed by atoms with Gasteiger partial charge in [0.05, 0.1) is 6.04 Å². The lowest BCUT2D eigenvalue weighted by Gasteiger charge is -2.28. The van der Waals surface area contributed by atoms with E-state index in [1.807, 2.05) is 6.07 Å². The van der Waals surface area contributed by atoms with Crippen molar-refractivity contribution in [3.63, 3.8) is 0 Å². The van der Waals surface area contributed by atoms with E-state index in [-0.39, 0.29) is 12.1 Å². The van der Waals surface area contributed by atoms with Gasteiger partial charge in [0.2, 0.25) is 10.0 Å². The summed E-state index contributed by atoms with van der Waals surface area (Å²) in [6, 6.07) is 6.93. The van der Waals surface area contributed by atoms with Crippen molar-refractivity contribution < 1.29 is 13.2 Å². The third kappa shape index (κ3) is 2.88. The minimum atomic E-state index is -3.48. The van der Waals surface area contributed by atoms with Crippen LogP contribution in [0.4, 0.5) is 0 Å². The normalized spacial score (nSPS) is 31.3. The molecule has 126 valence electrons. The molecule has 6 heteroatoms. The largest absolute Gasteiger partial charge is 0.487 e. The number of likely N-dealkylation sites (N-methyl/N-ethyl adjacent to an activating group) is 1. The summed E-state index contributed by atoms with van der Waals surface area (Å²) in [5.41, 5.74) is 0. The number of sulfonamides is 1. The van der Waals surface area contributed by atoms with Crippen LogP contribution in [0.5, 0.6) is 5.75 Å². The molecule has 2 atom stereocenters. The van der Waals surface area contributed by atoms with E-state index in [9.17, 15) is 8.42 Å². The topological polar surface area (TPSA) is 49.9 Å². The highest BCUT2D eigenvalue weighted by atomic mass is 32.2. The molecule has 2 fully saturated rings. The molecule has 0 bridgehead atoms. The lowest BCUT2D eigenvalue weighted by molar-refractivity contribution is 0.122. The van der Waals surface area contributed by atoms with E-state index in [4.69, 9.17) is 4.74 Å². The Bertz CT molecular complexity index is 687. The molecular formula is C17H24N2O3S. The smallest absolute Gasteiger partial charge is 0.246 e. The highest BCUT2D eigenvalue weighted by Gasteiger charge is 2.41.